The Hall–Kier alpha value is -4.40. The number of nitriles is 2. The normalized spacial score (nSPS) is 17.9. The van der Waals surface area contributed by atoms with Crippen molar-refractivity contribution in [2.45, 2.75) is 6.10 Å². The number of aliphatic hydroxyl groups excluding tert-OH is 1. The molecule has 154 valence electrons. The van der Waals surface area contributed by atoms with Crippen LogP contribution in [-0.2, 0) is 0 Å². The summed E-state index contributed by atoms with van der Waals surface area (Å²) in [5, 5.41) is 40.6. The molecule has 0 amide bonds. The van der Waals surface area contributed by atoms with Gasteiger partial charge in [0.05, 0.1) is 11.3 Å². The number of halogens is 3. The predicted molar refractivity (Wildman–Crippen MR) is 107 cm³/mol. The maximum absolute atomic E-state index is 14.9. The Morgan fingerprint density at radius 3 is 2.41 bits per heavy atom. The number of phenolic OH excluding ortho intramolecular Hbond substituents is 1. The fourth-order valence-corrected chi connectivity index (χ4v) is 4.44. The highest BCUT2D eigenvalue weighted by Crippen LogP contribution is 2.56. The van der Waals surface area contributed by atoms with Gasteiger partial charge in [0.2, 0.25) is 0 Å². The molecule has 1 aromatic heterocycles. The average Bonchev–Trinajstić information content (AvgIpc) is 3.26. The number of hydrogen-bond donors (Lipinski definition) is 2. The van der Waals surface area contributed by atoms with E-state index >= 15 is 0 Å². The van der Waals surface area contributed by atoms with Crippen molar-refractivity contribution in [2.24, 2.45) is 0 Å². The van der Waals surface area contributed by atoms with E-state index in [1.54, 1.807) is 30.3 Å². The molecule has 1 atom stereocenters. The van der Waals surface area contributed by atoms with Crippen molar-refractivity contribution in [1.29, 1.82) is 10.5 Å². The molecule has 2 aliphatic rings. The van der Waals surface area contributed by atoms with E-state index in [9.17, 15) is 33.9 Å². The van der Waals surface area contributed by atoms with Crippen LogP contribution in [0, 0.1) is 40.1 Å². The minimum atomic E-state index is -1.88. The number of aromatic nitrogens is 1. The molecule has 3 aromatic rings. The highest BCUT2D eigenvalue weighted by Gasteiger charge is 2.43. The van der Waals surface area contributed by atoms with Crippen LogP contribution in [0.5, 0.6) is 5.75 Å². The lowest BCUT2D eigenvalue weighted by Gasteiger charge is -2.14. The number of benzene rings is 2. The molecule has 0 radical (unpaired) electrons. The van der Waals surface area contributed by atoms with Crippen LogP contribution in [-0.4, -0.2) is 15.2 Å². The molecule has 2 N–H and O–H groups in total. The van der Waals surface area contributed by atoms with E-state index in [0.717, 1.165) is 0 Å². The highest BCUT2D eigenvalue weighted by atomic mass is 19.2. The fraction of sp³-hybridized carbons (Fsp3) is 0.0417. The Balaban J connectivity index is 2.01. The van der Waals surface area contributed by atoms with Gasteiger partial charge >= 0.3 is 0 Å². The third kappa shape index (κ3) is 2.38. The number of allylic oxidation sites excluding steroid dienone is 1. The lowest BCUT2D eigenvalue weighted by atomic mass is 9.90. The standard InChI is InChI=1S/C24H10F3N3O2/c25-13-7-14(26)22(27)21-19(13)16(10(8-28)9-29)20(24(21)32)17-11-3-1-5-15(31)18(11)23-12(17)4-2-6-30-23/h1-7,24,31-32H/b20-17-. The number of aliphatic hydroxyl groups is 1. The summed E-state index contributed by atoms with van der Waals surface area (Å²) < 4.78 is 43.6. The molecule has 0 aliphatic heterocycles. The summed E-state index contributed by atoms with van der Waals surface area (Å²) in [6.45, 7) is 0. The Labute approximate surface area is 179 Å². The number of hydrogen-bond acceptors (Lipinski definition) is 5. The van der Waals surface area contributed by atoms with Gasteiger partial charge in [-0.1, -0.05) is 18.2 Å². The van der Waals surface area contributed by atoms with Crippen molar-refractivity contribution in [3.05, 3.63) is 93.4 Å². The second-order valence-corrected chi connectivity index (χ2v) is 7.21. The van der Waals surface area contributed by atoms with Gasteiger partial charge in [-0.3, -0.25) is 4.98 Å². The lowest BCUT2D eigenvalue weighted by molar-refractivity contribution is 0.218. The molecular weight excluding hydrogens is 419 g/mol. The van der Waals surface area contributed by atoms with Crippen LogP contribution in [0.4, 0.5) is 13.2 Å². The first-order valence-corrected chi connectivity index (χ1v) is 9.33. The first kappa shape index (κ1) is 19.6. The third-order valence-corrected chi connectivity index (χ3v) is 5.64. The third-order valence-electron chi connectivity index (χ3n) is 5.64. The zero-order valence-electron chi connectivity index (χ0n) is 16.0. The van der Waals surface area contributed by atoms with Crippen LogP contribution in [0.25, 0.3) is 22.4 Å². The summed E-state index contributed by atoms with van der Waals surface area (Å²) in [6, 6.07) is 11.4. The number of nitrogens with zero attached hydrogens (tertiary/aromatic N) is 3. The van der Waals surface area contributed by atoms with Gasteiger partial charge in [0, 0.05) is 40.1 Å². The van der Waals surface area contributed by atoms with Crippen molar-refractivity contribution >= 4 is 11.1 Å². The number of fused-ring (bicyclic) bond motifs is 4. The first-order chi connectivity index (χ1) is 15.4. The van der Waals surface area contributed by atoms with E-state index in [-0.39, 0.29) is 22.5 Å². The molecule has 2 aromatic carbocycles. The molecule has 0 saturated heterocycles. The molecule has 1 unspecified atom stereocenters. The van der Waals surface area contributed by atoms with E-state index in [4.69, 9.17) is 0 Å². The average molecular weight is 429 g/mol. The van der Waals surface area contributed by atoms with Crippen LogP contribution in [0.15, 0.2) is 53.7 Å². The smallest absolute Gasteiger partial charge is 0.165 e. The van der Waals surface area contributed by atoms with Gasteiger partial charge < -0.3 is 10.2 Å². The number of aromatic hydroxyl groups is 1. The topological polar surface area (TPSA) is 101 Å². The molecule has 8 heteroatoms. The van der Waals surface area contributed by atoms with Crippen molar-refractivity contribution in [3.8, 4) is 29.1 Å². The molecule has 5 nitrogen and oxygen atoms in total. The van der Waals surface area contributed by atoms with E-state index in [1.165, 1.54) is 18.3 Å². The summed E-state index contributed by atoms with van der Waals surface area (Å²) in [5.41, 5.74) is -0.555. The first-order valence-electron chi connectivity index (χ1n) is 9.33. The maximum atomic E-state index is 14.9. The summed E-state index contributed by atoms with van der Waals surface area (Å²) in [7, 11) is 0. The van der Waals surface area contributed by atoms with Crippen molar-refractivity contribution < 1.29 is 23.4 Å². The number of phenols is 1. The van der Waals surface area contributed by atoms with Crippen LogP contribution in [0.3, 0.4) is 0 Å². The van der Waals surface area contributed by atoms with Gasteiger partial charge in [-0.15, -0.1) is 0 Å². The van der Waals surface area contributed by atoms with Crippen LogP contribution in [0.1, 0.15) is 28.4 Å². The Morgan fingerprint density at radius 1 is 0.969 bits per heavy atom. The largest absolute Gasteiger partial charge is 0.507 e. The Bertz CT molecular complexity index is 1490. The minimum Gasteiger partial charge on any atom is -0.507 e. The van der Waals surface area contributed by atoms with E-state index in [0.29, 0.717) is 28.5 Å². The van der Waals surface area contributed by atoms with Crippen molar-refractivity contribution in [1.82, 2.24) is 4.98 Å². The molecule has 1 heterocycles. The second-order valence-electron chi connectivity index (χ2n) is 7.21. The molecule has 0 bridgehead atoms. The Kier molecular flexibility index (Phi) is 4.16. The zero-order valence-corrected chi connectivity index (χ0v) is 16.0. The number of pyridine rings is 1. The van der Waals surface area contributed by atoms with E-state index in [1.807, 2.05) is 0 Å². The van der Waals surface area contributed by atoms with Gasteiger partial charge in [0.15, 0.2) is 11.6 Å². The van der Waals surface area contributed by atoms with Crippen molar-refractivity contribution in [3.63, 3.8) is 0 Å². The fourth-order valence-electron chi connectivity index (χ4n) is 4.44. The summed E-state index contributed by atoms with van der Waals surface area (Å²) >= 11 is 0. The molecule has 5 rings (SSSR count). The van der Waals surface area contributed by atoms with Crippen LogP contribution >= 0.6 is 0 Å². The second kappa shape index (κ2) is 6.81. The van der Waals surface area contributed by atoms with Gasteiger partial charge in [0.1, 0.15) is 35.4 Å². The zero-order chi connectivity index (χ0) is 22.7. The van der Waals surface area contributed by atoms with Crippen LogP contribution in [0.2, 0.25) is 0 Å². The van der Waals surface area contributed by atoms with Crippen molar-refractivity contribution in [2.75, 3.05) is 0 Å². The summed E-state index contributed by atoms with van der Waals surface area (Å²) in [5.74, 6) is -4.31. The monoisotopic (exact) mass is 429 g/mol. The van der Waals surface area contributed by atoms with Gasteiger partial charge in [0.25, 0.3) is 0 Å². The minimum absolute atomic E-state index is 0.113. The SMILES string of the molecule is N#CC(C#N)=C1/C(=C2/c3cccnc3-c3c(O)cccc32)C(O)c2c(F)c(F)cc(F)c21. The quantitative estimate of drug-likeness (QED) is 0.316. The van der Waals surface area contributed by atoms with Gasteiger partial charge in [-0.25, -0.2) is 13.2 Å². The molecule has 32 heavy (non-hydrogen) atoms. The van der Waals surface area contributed by atoms with Gasteiger partial charge in [-0.05, 0) is 23.3 Å². The number of rotatable bonds is 0. The molecular formula is C24H10F3N3O2. The summed E-state index contributed by atoms with van der Waals surface area (Å²) in [6.07, 6.45) is -0.387. The molecule has 0 saturated carbocycles. The Morgan fingerprint density at radius 2 is 1.69 bits per heavy atom. The van der Waals surface area contributed by atoms with Gasteiger partial charge in [-0.2, -0.15) is 10.5 Å². The highest BCUT2D eigenvalue weighted by molar-refractivity contribution is 6.10. The molecule has 0 fully saturated rings. The molecule has 2 aliphatic carbocycles. The van der Waals surface area contributed by atoms with Crippen LogP contribution < -0.4 is 0 Å². The predicted octanol–water partition coefficient (Wildman–Crippen LogP) is 4.53. The van der Waals surface area contributed by atoms with E-state index < -0.39 is 40.3 Å². The summed E-state index contributed by atoms with van der Waals surface area (Å²) in [4.78, 5) is 4.29. The molecule has 0 spiro atoms. The lowest BCUT2D eigenvalue weighted by Crippen LogP contribution is -2.03. The van der Waals surface area contributed by atoms with E-state index in [2.05, 4.69) is 4.98 Å². The maximum Gasteiger partial charge on any atom is 0.165 e.